The van der Waals surface area contributed by atoms with Crippen LogP contribution in [-0.4, -0.2) is 13.2 Å². The molecule has 0 aromatic carbocycles. The average Bonchev–Trinajstić information content (AvgIpc) is 2.61. The van der Waals surface area contributed by atoms with E-state index in [1.807, 2.05) is 6.07 Å². The van der Waals surface area contributed by atoms with Gasteiger partial charge in [0.1, 0.15) is 16.8 Å². The maximum absolute atomic E-state index is 13.3. The van der Waals surface area contributed by atoms with Gasteiger partial charge in [0.15, 0.2) is 6.29 Å². The summed E-state index contributed by atoms with van der Waals surface area (Å²) in [6, 6.07) is 3.10. The Morgan fingerprint density at radius 2 is 2.21 bits per heavy atom. The third-order valence-electron chi connectivity index (χ3n) is 1.86. The van der Waals surface area contributed by atoms with Crippen LogP contribution in [0.2, 0.25) is 0 Å². The molecule has 0 bridgehead atoms. The topological polar surface area (TPSA) is 42.2 Å². The Kier molecular flexibility index (Phi) is 2.77. The van der Waals surface area contributed by atoms with Crippen molar-refractivity contribution in [2.24, 2.45) is 0 Å². The highest BCUT2D eigenvalue weighted by molar-refractivity contribution is 7.12. The zero-order chi connectivity index (χ0) is 9.97. The van der Waals surface area contributed by atoms with Crippen LogP contribution in [0.15, 0.2) is 6.07 Å². The van der Waals surface area contributed by atoms with Crippen molar-refractivity contribution in [3.8, 4) is 6.07 Å². The number of rotatable bonds is 1. The molecule has 0 radical (unpaired) electrons. The first-order valence-electron chi connectivity index (χ1n) is 4.24. The number of halogens is 1. The van der Waals surface area contributed by atoms with E-state index in [1.54, 1.807) is 0 Å². The van der Waals surface area contributed by atoms with Crippen LogP contribution in [0, 0.1) is 17.1 Å². The normalized spacial score (nSPS) is 18.0. The fourth-order valence-corrected chi connectivity index (χ4v) is 2.07. The zero-order valence-corrected chi connectivity index (χ0v) is 8.14. The van der Waals surface area contributed by atoms with Crippen LogP contribution < -0.4 is 0 Å². The Morgan fingerprint density at radius 1 is 1.50 bits per heavy atom. The van der Waals surface area contributed by atoms with Crippen molar-refractivity contribution in [3.05, 3.63) is 21.6 Å². The molecule has 1 saturated heterocycles. The minimum Gasteiger partial charge on any atom is -0.347 e. The molecule has 3 nitrogen and oxygen atoms in total. The molecule has 0 saturated carbocycles. The Hall–Kier alpha value is -0.960. The number of hydrogen-bond donors (Lipinski definition) is 0. The van der Waals surface area contributed by atoms with Gasteiger partial charge in [0.2, 0.25) is 0 Å². The van der Waals surface area contributed by atoms with Crippen LogP contribution in [0.3, 0.4) is 0 Å². The van der Waals surface area contributed by atoms with E-state index in [1.165, 1.54) is 6.07 Å². The Bertz CT molecular complexity index is 365. The second-order valence-corrected chi connectivity index (χ2v) is 3.95. The van der Waals surface area contributed by atoms with Gasteiger partial charge < -0.3 is 9.47 Å². The maximum Gasteiger partial charge on any atom is 0.195 e. The molecule has 1 aliphatic rings. The van der Waals surface area contributed by atoms with Gasteiger partial charge in [-0.1, -0.05) is 0 Å². The summed E-state index contributed by atoms with van der Waals surface area (Å²) in [4.78, 5) is 0.705. The van der Waals surface area contributed by atoms with Crippen molar-refractivity contribution in [2.75, 3.05) is 13.2 Å². The summed E-state index contributed by atoms with van der Waals surface area (Å²) in [6.45, 7) is 1.15. The number of hydrogen-bond acceptors (Lipinski definition) is 4. The third-order valence-corrected chi connectivity index (χ3v) is 2.90. The van der Waals surface area contributed by atoms with Gasteiger partial charge in [-0.25, -0.2) is 4.39 Å². The third kappa shape index (κ3) is 1.77. The van der Waals surface area contributed by atoms with Crippen LogP contribution in [0.5, 0.6) is 0 Å². The molecule has 1 aliphatic heterocycles. The van der Waals surface area contributed by atoms with Crippen molar-refractivity contribution >= 4 is 11.3 Å². The van der Waals surface area contributed by atoms with E-state index >= 15 is 0 Å². The quantitative estimate of drug-likeness (QED) is 0.718. The van der Waals surface area contributed by atoms with Gasteiger partial charge >= 0.3 is 0 Å². The molecule has 1 fully saturated rings. The summed E-state index contributed by atoms with van der Waals surface area (Å²) in [5.74, 6) is -0.418. The van der Waals surface area contributed by atoms with Crippen molar-refractivity contribution in [2.45, 2.75) is 12.7 Å². The zero-order valence-electron chi connectivity index (χ0n) is 7.33. The molecule has 0 aliphatic carbocycles. The van der Waals surface area contributed by atoms with Gasteiger partial charge in [0.05, 0.1) is 18.1 Å². The van der Waals surface area contributed by atoms with Gasteiger partial charge in [0, 0.05) is 6.07 Å². The summed E-state index contributed by atoms with van der Waals surface area (Å²) in [6.07, 6.45) is 0.199. The molecule has 74 valence electrons. The van der Waals surface area contributed by atoms with Crippen molar-refractivity contribution in [3.63, 3.8) is 0 Å². The predicted octanol–water partition coefficient (Wildman–Crippen LogP) is 2.19. The predicted molar refractivity (Wildman–Crippen MR) is 48.3 cm³/mol. The van der Waals surface area contributed by atoms with Crippen molar-refractivity contribution in [1.29, 1.82) is 5.26 Å². The number of nitrogens with zero attached hydrogens (tertiary/aromatic N) is 1. The molecule has 2 rings (SSSR count). The van der Waals surface area contributed by atoms with E-state index in [9.17, 15) is 4.39 Å². The Labute approximate surface area is 84.7 Å². The highest BCUT2D eigenvalue weighted by Gasteiger charge is 2.23. The van der Waals surface area contributed by atoms with Gasteiger partial charge in [-0.05, 0) is 6.42 Å². The molecule has 5 heteroatoms. The number of nitriles is 1. The summed E-state index contributed by atoms with van der Waals surface area (Å²) < 4.78 is 23.8. The average molecular weight is 213 g/mol. The van der Waals surface area contributed by atoms with Crippen LogP contribution in [0.4, 0.5) is 4.39 Å². The number of ether oxygens (including phenoxy) is 2. The van der Waals surface area contributed by atoms with E-state index in [0.717, 1.165) is 17.8 Å². The highest BCUT2D eigenvalue weighted by Crippen LogP contribution is 2.31. The molecule has 0 atom stereocenters. The molecule has 1 aromatic heterocycles. The SMILES string of the molecule is N#Cc1cc(F)c(C2OCCCO2)s1. The first-order valence-corrected chi connectivity index (χ1v) is 5.05. The van der Waals surface area contributed by atoms with Crippen LogP contribution in [-0.2, 0) is 9.47 Å². The lowest BCUT2D eigenvalue weighted by Crippen LogP contribution is -2.17. The molecule has 1 aromatic rings. The van der Waals surface area contributed by atoms with Gasteiger partial charge in [0.25, 0.3) is 0 Å². The minimum absolute atomic E-state index is 0.343. The largest absolute Gasteiger partial charge is 0.347 e. The van der Waals surface area contributed by atoms with E-state index < -0.39 is 12.1 Å². The monoisotopic (exact) mass is 213 g/mol. The molecular weight excluding hydrogens is 205 g/mol. The second-order valence-electron chi connectivity index (χ2n) is 2.86. The molecule has 14 heavy (non-hydrogen) atoms. The fraction of sp³-hybridized carbons (Fsp3) is 0.444. The Morgan fingerprint density at radius 3 is 2.79 bits per heavy atom. The van der Waals surface area contributed by atoms with Gasteiger partial charge in [-0.3, -0.25) is 0 Å². The lowest BCUT2D eigenvalue weighted by Gasteiger charge is -2.21. The molecular formula is C9H8FNO2S. The van der Waals surface area contributed by atoms with Crippen LogP contribution in [0.1, 0.15) is 22.5 Å². The molecule has 0 amide bonds. The van der Waals surface area contributed by atoms with E-state index in [4.69, 9.17) is 14.7 Å². The molecule has 0 spiro atoms. The lowest BCUT2D eigenvalue weighted by atomic mass is 10.3. The first kappa shape index (κ1) is 9.59. The van der Waals surface area contributed by atoms with Gasteiger partial charge in [-0.2, -0.15) is 5.26 Å². The van der Waals surface area contributed by atoms with Gasteiger partial charge in [-0.15, -0.1) is 11.3 Å². The molecule has 0 unspecified atom stereocenters. The summed E-state index contributed by atoms with van der Waals surface area (Å²) in [5.41, 5.74) is 0. The maximum atomic E-state index is 13.3. The highest BCUT2D eigenvalue weighted by atomic mass is 32.1. The van der Waals surface area contributed by atoms with Crippen molar-refractivity contribution < 1.29 is 13.9 Å². The summed E-state index contributed by atoms with van der Waals surface area (Å²) in [5, 5.41) is 8.59. The lowest BCUT2D eigenvalue weighted by molar-refractivity contribution is -0.182. The number of thiophene rings is 1. The molecule has 0 N–H and O–H groups in total. The molecule has 2 heterocycles. The standard InChI is InChI=1S/C9H8FNO2S/c10-7-4-6(5-11)14-8(7)9-12-2-1-3-13-9/h4,9H,1-3H2. The van der Waals surface area contributed by atoms with E-state index in [2.05, 4.69) is 0 Å². The minimum atomic E-state index is -0.629. The van der Waals surface area contributed by atoms with E-state index in [0.29, 0.717) is 23.0 Å². The van der Waals surface area contributed by atoms with Crippen molar-refractivity contribution in [1.82, 2.24) is 0 Å². The van der Waals surface area contributed by atoms with E-state index in [-0.39, 0.29) is 0 Å². The summed E-state index contributed by atoms with van der Waals surface area (Å²) >= 11 is 1.08. The smallest absolute Gasteiger partial charge is 0.195 e. The van der Waals surface area contributed by atoms with Crippen LogP contribution >= 0.6 is 11.3 Å². The van der Waals surface area contributed by atoms with Crippen LogP contribution in [0.25, 0.3) is 0 Å². The second kappa shape index (κ2) is 4.05. The fourth-order valence-electron chi connectivity index (χ4n) is 1.24. The summed E-state index contributed by atoms with van der Waals surface area (Å²) in [7, 11) is 0. The Balaban J connectivity index is 2.22. The first-order chi connectivity index (χ1) is 6.81.